The number of thiophene rings is 1. The predicted molar refractivity (Wildman–Crippen MR) is 75.0 cm³/mol. The maximum atomic E-state index is 2.43. The molecule has 0 aromatic carbocycles. The molecule has 1 heterocycles. The van der Waals surface area contributed by atoms with Gasteiger partial charge in [0.1, 0.15) is 0 Å². The van der Waals surface area contributed by atoms with Crippen LogP contribution in [-0.2, 0) is 0 Å². The predicted octanol–water partition coefficient (Wildman–Crippen LogP) is 4.63. The van der Waals surface area contributed by atoms with Crippen LogP contribution in [0.15, 0.2) is 17.5 Å². The van der Waals surface area contributed by atoms with Crippen LogP contribution < -0.4 is 2.89 Å². The van der Waals surface area contributed by atoms with Crippen molar-refractivity contribution in [2.24, 2.45) is 0 Å². The van der Waals surface area contributed by atoms with Crippen LogP contribution in [0.25, 0.3) is 0 Å². The van der Waals surface area contributed by atoms with Gasteiger partial charge in [0.15, 0.2) is 0 Å². The first kappa shape index (κ1) is 13.6. The van der Waals surface area contributed by atoms with Gasteiger partial charge >= 0.3 is 103 Å². The minimum atomic E-state index is -1.92. The standard InChI is InChI=1S/C4H3S.3C3H7.Sn/c1-2-4-5-3-1;3*1-3-2;/h1-3H;3*1,3H2,2H3;. The van der Waals surface area contributed by atoms with E-state index in [-0.39, 0.29) is 0 Å². The first-order valence-electron chi connectivity index (χ1n) is 6.33. The summed E-state index contributed by atoms with van der Waals surface area (Å²) in [6.07, 6.45) is 4.19. The van der Waals surface area contributed by atoms with Gasteiger partial charge in [-0.1, -0.05) is 0 Å². The Balaban J connectivity index is 2.90. The Kier molecular flexibility index (Phi) is 6.28. The van der Waals surface area contributed by atoms with Gasteiger partial charge in [0, 0.05) is 0 Å². The van der Waals surface area contributed by atoms with Crippen molar-refractivity contribution in [2.45, 2.75) is 53.3 Å². The van der Waals surface area contributed by atoms with Crippen molar-refractivity contribution < 1.29 is 0 Å². The van der Waals surface area contributed by atoms with Crippen molar-refractivity contribution in [3.8, 4) is 0 Å². The molecule has 0 nitrogen and oxygen atoms in total. The Morgan fingerprint density at radius 2 is 1.53 bits per heavy atom. The summed E-state index contributed by atoms with van der Waals surface area (Å²) in [6.45, 7) is 7.10. The van der Waals surface area contributed by atoms with Gasteiger partial charge in [0.25, 0.3) is 0 Å². The molecule has 0 spiro atoms. The van der Waals surface area contributed by atoms with E-state index < -0.39 is 18.4 Å². The van der Waals surface area contributed by atoms with Gasteiger partial charge in [-0.2, -0.15) is 0 Å². The molecule has 0 saturated heterocycles. The summed E-state index contributed by atoms with van der Waals surface area (Å²) in [6, 6.07) is 4.69. The second-order valence-corrected chi connectivity index (χ2v) is 19.6. The molecule has 86 valence electrons. The van der Waals surface area contributed by atoms with Gasteiger partial charge in [-0.25, -0.2) is 0 Å². The van der Waals surface area contributed by atoms with E-state index in [9.17, 15) is 0 Å². The molecule has 0 N–H and O–H groups in total. The van der Waals surface area contributed by atoms with E-state index in [0.717, 1.165) is 0 Å². The molecule has 0 aliphatic rings. The van der Waals surface area contributed by atoms with E-state index in [2.05, 4.69) is 38.3 Å². The molecule has 0 atom stereocenters. The number of hydrogen-bond acceptors (Lipinski definition) is 1. The summed E-state index contributed by atoms with van der Waals surface area (Å²) in [5, 5.41) is 2.28. The minimum absolute atomic E-state index is 1.40. The second-order valence-electron chi connectivity index (χ2n) is 4.51. The normalized spacial score (nSPS) is 11.9. The summed E-state index contributed by atoms with van der Waals surface area (Å²) in [7, 11) is 0. The van der Waals surface area contributed by atoms with Crippen LogP contribution in [0.4, 0.5) is 0 Å². The molecular formula is C13H24SSn. The number of hydrogen-bond donors (Lipinski definition) is 0. The Morgan fingerprint density at radius 3 is 1.87 bits per heavy atom. The first-order valence-corrected chi connectivity index (χ1v) is 14.7. The molecule has 0 fully saturated rings. The molecule has 1 rings (SSSR count). The molecule has 0 bridgehead atoms. The summed E-state index contributed by atoms with van der Waals surface area (Å²) in [5.41, 5.74) is 0. The SMILES string of the molecule is CC[CH2][Sn]([CH2]CC)([CH2]CC)[c]1cccs1. The zero-order valence-electron chi connectivity index (χ0n) is 10.4. The molecule has 0 saturated carbocycles. The van der Waals surface area contributed by atoms with Crippen LogP contribution in [0.5, 0.6) is 0 Å². The molecule has 0 radical (unpaired) electrons. The Morgan fingerprint density at radius 1 is 1.00 bits per heavy atom. The summed E-state index contributed by atoms with van der Waals surface area (Å²) >= 11 is 0.126. The van der Waals surface area contributed by atoms with Gasteiger partial charge in [0.05, 0.1) is 0 Å². The van der Waals surface area contributed by atoms with Crippen molar-refractivity contribution in [3.05, 3.63) is 17.5 Å². The summed E-state index contributed by atoms with van der Waals surface area (Å²) in [4.78, 5) is 0. The van der Waals surface area contributed by atoms with E-state index >= 15 is 0 Å². The maximum absolute atomic E-state index is 2.43. The molecule has 0 amide bonds. The van der Waals surface area contributed by atoms with Gasteiger partial charge in [-0.05, 0) is 0 Å². The van der Waals surface area contributed by atoms with Gasteiger partial charge in [0.2, 0.25) is 0 Å². The molecule has 0 unspecified atom stereocenters. The zero-order valence-corrected chi connectivity index (χ0v) is 14.1. The fourth-order valence-corrected chi connectivity index (χ4v) is 22.0. The topological polar surface area (TPSA) is 0 Å². The molecule has 0 aliphatic heterocycles. The van der Waals surface area contributed by atoms with Crippen LogP contribution in [-0.4, -0.2) is 18.4 Å². The first-order chi connectivity index (χ1) is 7.29. The van der Waals surface area contributed by atoms with E-state index in [4.69, 9.17) is 0 Å². The fourth-order valence-electron chi connectivity index (χ4n) is 2.76. The molecule has 1 aromatic heterocycles. The summed E-state index contributed by atoms with van der Waals surface area (Å²) < 4.78 is 6.53. The van der Waals surface area contributed by atoms with Crippen LogP contribution in [0, 0.1) is 0 Å². The molecular weight excluding hydrogens is 307 g/mol. The van der Waals surface area contributed by atoms with E-state index in [1.54, 1.807) is 13.3 Å². The van der Waals surface area contributed by atoms with Gasteiger partial charge in [-0.3, -0.25) is 0 Å². The van der Waals surface area contributed by atoms with E-state index in [1.165, 1.54) is 19.3 Å². The number of rotatable bonds is 7. The molecule has 2 heteroatoms. The van der Waals surface area contributed by atoms with Crippen molar-refractivity contribution in [1.29, 1.82) is 0 Å². The molecule has 1 aromatic rings. The third-order valence-electron chi connectivity index (χ3n) is 3.23. The Labute approximate surface area is 103 Å². The summed E-state index contributed by atoms with van der Waals surface area (Å²) in [5.74, 6) is 0. The van der Waals surface area contributed by atoms with E-state index in [0.29, 0.717) is 0 Å². The van der Waals surface area contributed by atoms with Crippen molar-refractivity contribution in [3.63, 3.8) is 0 Å². The molecule has 0 aliphatic carbocycles. The van der Waals surface area contributed by atoms with Crippen molar-refractivity contribution in [2.75, 3.05) is 0 Å². The third-order valence-corrected chi connectivity index (χ3v) is 23.8. The van der Waals surface area contributed by atoms with Crippen LogP contribution in [0.2, 0.25) is 13.3 Å². The van der Waals surface area contributed by atoms with Crippen molar-refractivity contribution in [1.82, 2.24) is 0 Å². The van der Waals surface area contributed by atoms with Crippen molar-refractivity contribution >= 4 is 32.6 Å². The molecule has 15 heavy (non-hydrogen) atoms. The quantitative estimate of drug-likeness (QED) is 0.639. The average molecular weight is 331 g/mol. The zero-order chi connectivity index (χ0) is 11.1. The van der Waals surface area contributed by atoms with Gasteiger partial charge < -0.3 is 0 Å². The monoisotopic (exact) mass is 332 g/mol. The average Bonchev–Trinajstić information content (AvgIpc) is 2.72. The fraction of sp³-hybridized carbons (Fsp3) is 0.692. The third kappa shape index (κ3) is 3.48. The van der Waals surface area contributed by atoms with Crippen LogP contribution in [0.1, 0.15) is 40.0 Å². The second kappa shape index (κ2) is 6.95. The van der Waals surface area contributed by atoms with Crippen LogP contribution in [0.3, 0.4) is 0 Å². The van der Waals surface area contributed by atoms with Crippen LogP contribution >= 0.6 is 11.3 Å². The van der Waals surface area contributed by atoms with Gasteiger partial charge in [-0.15, -0.1) is 0 Å². The van der Waals surface area contributed by atoms with E-state index in [1.807, 2.05) is 14.2 Å². The Hall–Kier alpha value is 0.499. The Bertz CT molecular complexity index is 236.